The number of hydrogen-bond acceptors (Lipinski definition) is 5. The zero-order valence-electron chi connectivity index (χ0n) is 16.3. The van der Waals surface area contributed by atoms with Gasteiger partial charge in [-0.05, 0) is 31.5 Å². The van der Waals surface area contributed by atoms with E-state index in [-0.39, 0.29) is 11.9 Å². The van der Waals surface area contributed by atoms with E-state index in [0.29, 0.717) is 13.0 Å². The number of nitrogens with one attached hydrogen (secondary N) is 3. The van der Waals surface area contributed by atoms with E-state index in [1.165, 1.54) is 0 Å². The van der Waals surface area contributed by atoms with Crippen molar-refractivity contribution < 1.29 is 4.79 Å². The van der Waals surface area contributed by atoms with Crippen LogP contribution in [0.4, 0.5) is 5.82 Å². The Kier molecular flexibility index (Phi) is 5.25. The van der Waals surface area contributed by atoms with Crippen LogP contribution in [0.2, 0.25) is 0 Å². The monoisotopic (exact) mass is 378 g/mol. The molecule has 1 aliphatic rings. The minimum atomic E-state index is -0.0680. The lowest BCUT2D eigenvalue weighted by molar-refractivity contribution is -0.131. The number of hydrogen-bond donors (Lipinski definition) is 3. The van der Waals surface area contributed by atoms with Crippen molar-refractivity contribution in [2.24, 2.45) is 0 Å². The molecule has 0 aliphatic carbocycles. The Morgan fingerprint density at radius 2 is 2.14 bits per heavy atom. The van der Waals surface area contributed by atoms with Crippen LogP contribution in [0.15, 0.2) is 36.5 Å². The molecule has 1 saturated heterocycles. The lowest BCUT2D eigenvalue weighted by atomic mass is 10.1. The summed E-state index contributed by atoms with van der Waals surface area (Å²) in [6.07, 6.45) is 4.19. The third kappa shape index (κ3) is 3.57. The molecule has 1 atom stereocenters. The Morgan fingerprint density at radius 3 is 2.96 bits per heavy atom. The number of carbonyl (C=O) groups is 1. The Morgan fingerprint density at radius 1 is 1.29 bits per heavy atom. The van der Waals surface area contributed by atoms with Gasteiger partial charge in [0.15, 0.2) is 5.82 Å². The summed E-state index contributed by atoms with van der Waals surface area (Å²) in [5, 5.41) is 7.34. The van der Waals surface area contributed by atoms with Crippen molar-refractivity contribution in [3.05, 3.63) is 53.6 Å². The number of aromatic nitrogens is 3. The number of amides is 1. The molecule has 3 heterocycles. The Balaban J connectivity index is 1.58. The summed E-state index contributed by atoms with van der Waals surface area (Å²) in [6, 6.07) is 9.95. The third-order valence-electron chi connectivity index (χ3n) is 5.30. The lowest BCUT2D eigenvalue weighted by Gasteiger charge is -2.24. The van der Waals surface area contributed by atoms with Crippen molar-refractivity contribution in [3.63, 3.8) is 0 Å². The van der Waals surface area contributed by atoms with Crippen LogP contribution in [0.3, 0.4) is 0 Å². The molecular formula is C21H26N6O. The Hall–Kier alpha value is -2.93. The van der Waals surface area contributed by atoms with E-state index >= 15 is 0 Å². The average molecular weight is 378 g/mol. The largest absolute Gasteiger partial charge is 0.373 e. The fourth-order valence-corrected chi connectivity index (χ4v) is 3.94. The molecule has 2 aromatic heterocycles. The first-order chi connectivity index (χ1) is 13.7. The summed E-state index contributed by atoms with van der Waals surface area (Å²) in [5.41, 5.74) is 3.02. The van der Waals surface area contributed by atoms with Gasteiger partial charge in [0.25, 0.3) is 0 Å². The first kappa shape index (κ1) is 18.4. The van der Waals surface area contributed by atoms with E-state index in [2.05, 4.69) is 26.7 Å². The van der Waals surface area contributed by atoms with Crippen molar-refractivity contribution >= 4 is 22.6 Å². The van der Waals surface area contributed by atoms with Crippen molar-refractivity contribution in [1.29, 1.82) is 0 Å². The van der Waals surface area contributed by atoms with Crippen LogP contribution in [0.25, 0.3) is 10.9 Å². The van der Waals surface area contributed by atoms with E-state index in [1.54, 1.807) is 0 Å². The highest BCUT2D eigenvalue weighted by atomic mass is 16.2. The molecule has 0 radical (unpaired) electrons. The molecule has 7 nitrogen and oxygen atoms in total. The molecule has 4 rings (SSSR count). The minimum absolute atomic E-state index is 0.0680. The van der Waals surface area contributed by atoms with Gasteiger partial charge in [0.05, 0.1) is 18.2 Å². The molecule has 1 amide bonds. The number of carbonyl (C=O) groups excluding carboxylic acids is 1. The average Bonchev–Trinajstić information content (AvgIpc) is 3.36. The second-order valence-electron chi connectivity index (χ2n) is 7.16. The number of aromatic amines is 1. The molecule has 7 heteroatoms. The molecule has 1 aromatic carbocycles. The number of benzene rings is 1. The van der Waals surface area contributed by atoms with E-state index < -0.39 is 0 Å². The lowest BCUT2D eigenvalue weighted by Crippen LogP contribution is -2.33. The van der Waals surface area contributed by atoms with Gasteiger partial charge >= 0.3 is 0 Å². The van der Waals surface area contributed by atoms with Crippen molar-refractivity contribution in [2.45, 2.75) is 31.8 Å². The molecule has 0 bridgehead atoms. The van der Waals surface area contributed by atoms with Crippen LogP contribution in [-0.2, 0) is 17.8 Å². The number of H-pyrrole nitrogens is 1. The van der Waals surface area contributed by atoms with Gasteiger partial charge in [0, 0.05) is 43.3 Å². The topological polar surface area (TPSA) is 85.9 Å². The molecule has 0 saturated carbocycles. The highest BCUT2D eigenvalue weighted by Crippen LogP contribution is 2.31. The van der Waals surface area contributed by atoms with E-state index in [0.717, 1.165) is 53.2 Å². The first-order valence-corrected chi connectivity index (χ1v) is 9.74. The maximum Gasteiger partial charge on any atom is 0.227 e. The maximum atomic E-state index is 13.1. The number of likely N-dealkylation sites (tertiary alicyclic amines) is 1. The van der Waals surface area contributed by atoms with Crippen molar-refractivity contribution in [1.82, 2.24) is 25.2 Å². The van der Waals surface area contributed by atoms with Crippen LogP contribution in [0.1, 0.15) is 36.0 Å². The van der Waals surface area contributed by atoms with Crippen LogP contribution in [0.5, 0.6) is 0 Å². The highest BCUT2D eigenvalue weighted by molar-refractivity contribution is 5.89. The zero-order chi connectivity index (χ0) is 19.5. The quantitative estimate of drug-likeness (QED) is 0.614. The number of anilines is 1. The van der Waals surface area contributed by atoms with E-state index in [4.69, 9.17) is 4.98 Å². The summed E-state index contributed by atoms with van der Waals surface area (Å²) >= 11 is 0. The van der Waals surface area contributed by atoms with Gasteiger partial charge in [-0.15, -0.1) is 0 Å². The zero-order valence-corrected chi connectivity index (χ0v) is 16.3. The molecule has 0 spiro atoms. The SMILES string of the molecule is CNCc1cc(NC)nc([C@H]2CCCN2C(=O)Cc2c[nH]c3ccccc23)n1. The third-order valence-corrected chi connectivity index (χ3v) is 5.30. The van der Waals surface area contributed by atoms with E-state index in [1.807, 2.05) is 49.5 Å². The van der Waals surface area contributed by atoms with Gasteiger partial charge in [0.2, 0.25) is 5.91 Å². The number of rotatable bonds is 6. The normalized spacial score (nSPS) is 16.6. The molecule has 1 aliphatic heterocycles. The van der Waals surface area contributed by atoms with Gasteiger partial charge in [0.1, 0.15) is 5.82 Å². The van der Waals surface area contributed by atoms with Gasteiger partial charge in [-0.2, -0.15) is 0 Å². The minimum Gasteiger partial charge on any atom is -0.373 e. The van der Waals surface area contributed by atoms with Crippen molar-refractivity contribution in [3.8, 4) is 0 Å². The van der Waals surface area contributed by atoms with Crippen LogP contribution < -0.4 is 10.6 Å². The molecule has 3 aromatic rings. The molecule has 28 heavy (non-hydrogen) atoms. The fourth-order valence-electron chi connectivity index (χ4n) is 3.94. The maximum absolute atomic E-state index is 13.1. The van der Waals surface area contributed by atoms with Gasteiger partial charge in [-0.3, -0.25) is 4.79 Å². The van der Waals surface area contributed by atoms with E-state index in [9.17, 15) is 4.79 Å². The van der Waals surface area contributed by atoms with Gasteiger partial charge < -0.3 is 20.5 Å². The highest BCUT2D eigenvalue weighted by Gasteiger charge is 2.32. The van der Waals surface area contributed by atoms with Crippen LogP contribution >= 0.6 is 0 Å². The van der Waals surface area contributed by atoms with Crippen LogP contribution in [0, 0.1) is 0 Å². The summed E-state index contributed by atoms with van der Waals surface area (Å²) in [7, 11) is 3.75. The predicted octanol–water partition coefficient (Wildman–Crippen LogP) is 2.63. The fraction of sp³-hybridized carbons (Fsp3) is 0.381. The smallest absolute Gasteiger partial charge is 0.227 e. The second kappa shape index (κ2) is 7.98. The van der Waals surface area contributed by atoms with Gasteiger partial charge in [-0.1, -0.05) is 18.2 Å². The summed E-state index contributed by atoms with van der Waals surface area (Å²) < 4.78 is 0. The summed E-state index contributed by atoms with van der Waals surface area (Å²) in [4.78, 5) is 27.7. The Bertz CT molecular complexity index is 982. The van der Waals surface area contributed by atoms with Gasteiger partial charge in [-0.25, -0.2) is 9.97 Å². The molecule has 1 fully saturated rings. The standard InChI is InChI=1S/C21H26N6O/c1-22-13-15-11-19(23-2)26-21(25-15)18-8-5-9-27(18)20(28)10-14-12-24-17-7-4-3-6-16(14)17/h3-4,6-7,11-12,18,22,24H,5,8-10,13H2,1-2H3,(H,23,25,26)/t18-/m1/s1. The molecule has 3 N–H and O–H groups in total. The number of nitrogens with zero attached hydrogens (tertiary/aromatic N) is 3. The van der Waals surface area contributed by atoms with Crippen LogP contribution in [-0.4, -0.2) is 46.4 Å². The molecular weight excluding hydrogens is 352 g/mol. The second-order valence-corrected chi connectivity index (χ2v) is 7.16. The Labute approximate surface area is 164 Å². The summed E-state index contributed by atoms with van der Waals surface area (Å²) in [6.45, 7) is 1.42. The number of para-hydroxylation sites is 1. The first-order valence-electron chi connectivity index (χ1n) is 9.74. The van der Waals surface area contributed by atoms with Crippen molar-refractivity contribution in [2.75, 3.05) is 26.0 Å². The predicted molar refractivity (Wildman–Crippen MR) is 110 cm³/mol. The molecule has 146 valence electrons. The molecule has 0 unspecified atom stereocenters. The number of fused-ring (bicyclic) bond motifs is 1. The summed E-state index contributed by atoms with van der Waals surface area (Å²) in [5.74, 6) is 1.63.